The van der Waals surface area contributed by atoms with E-state index in [1.165, 1.54) is 0 Å². The Morgan fingerprint density at radius 3 is 2.23 bits per heavy atom. The molecule has 0 bridgehead atoms. The third kappa shape index (κ3) is 3.95. The zero-order valence-electron chi connectivity index (χ0n) is 12.8. The zero-order valence-corrected chi connectivity index (χ0v) is 12.8. The van der Waals surface area contributed by atoms with E-state index in [0.717, 1.165) is 23.1 Å². The molecular formula is C18H20N2O2. The minimum atomic E-state index is -0.644. The first-order chi connectivity index (χ1) is 10.6. The molecule has 2 aromatic rings. The Balaban J connectivity index is 1.95. The molecule has 0 radical (unpaired) electrons. The molecule has 114 valence electrons. The van der Waals surface area contributed by atoms with Crippen molar-refractivity contribution in [3.63, 3.8) is 0 Å². The highest BCUT2D eigenvalue weighted by Gasteiger charge is 2.14. The summed E-state index contributed by atoms with van der Waals surface area (Å²) in [6.45, 7) is 4.32. The van der Waals surface area contributed by atoms with E-state index < -0.39 is 11.8 Å². The standard InChI is InChI=1S/C18H20N2O2/c1-3-14-9-6-7-11-16(14)20-18(22)17(21)19-12-15-10-5-4-8-13(15)2/h4-11H,3,12H2,1-2H3,(H,19,21)(H,20,22). The van der Waals surface area contributed by atoms with Crippen LogP contribution in [0.4, 0.5) is 5.69 Å². The Labute approximate surface area is 130 Å². The molecule has 0 heterocycles. The van der Waals surface area contributed by atoms with Gasteiger partial charge in [0.15, 0.2) is 0 Å². The SMILES string of the molecule is CCc1ccccc1NC(=O)C(=O)NCc1ccccc1C. The first kappa shape index (κ1) is 15.8. The molecule has 2 rings (SSSR count). The maximum atomic E-state index is 12.0. The van der Waals surface area contributed by atoms with Crippen molar-refractivity contribution in [3.05, 3.63) is 65.2 Å². The summed E-state index contributed by atoms with van der Waals surface area (Å²) >= 11 is 0. The van der Waals surface area contributed by atoms with Crippen molar-refractivity contribution < 1.29 is 9.59 Å². The van der Waals surface area contributed by atoms with Gasteiger partial charge in [0.05, 0.1) is 0 Å². The van der Waals surface area contributed by atoms with E-state index in [9.17, 15) is 9.59 Å². The summed E-state index contributed by atoms with van der Waals surface area (Å²) in [5.74, 6) is -1.27. The summed E-state index contributed by atoms with van der Waals surface area (Å²) in [5.41, 5.74) is 3.76. The molecule has 2 aromatic carbocycles. The lowest BCUT2D eigenvalue weighted by atomic mass is 10.1. The second-order valence-corrected chi connectivity index (χ2v) is 5.07. The highest BCUT2D eigenvalue weighted by atomic mass is 16.2. The average Bonchev–Trinajstić information content (AvgIpc) is 2.54. The third-order valence-corrected chi connectivity index (χ3v) is 3.55. The van der Waals surface area contributed by atoms with Gasteiger partial charge in [0.1, 0.15) is 0 Å². The lowest BCUT2D eigenvalue weighted by Crippen LogP contribution is -2.35. The number of rotatable bonds is 4. The largest absolute Gasteiger partial charge is 0.344 e. The predicted molar refractivity (Wildman–Crippen MR) is 87.5 cm³/mol. The molecule has 0 saturated carbocycles. The molecule has 0 fully saturated rings. The molecule has 4 nitrogen and oxygen atoms in total. The molecule has 4 heteroatoms. The van der Waals surface area contributed by atoms with E-state index in [1.807, 2.05) is 56.3 Å². The van der Waals surface area contributed by atoms with Crippen LogP contribution in [0.15, 0.2) is 48.5 Å². The van der Waals surface area contributed by atoms with Gasteiger partial charge in [-0.05, 0) is 36.1 Å². The van der Waals surface area contributed by atoms with E-state index in [0.29, 0.717) is 12.2 Å². The van der Waals surface area contributed by atoms with E-state index in [2.05, 4.69) is 10.6 Å². The van der Waals surface area contributed by atoms with Gasteiger partial charge >= 0.3 is 11.8 Å². The van der Waals surface area contributed by atoms with Gasteiger partial charge in [0, 0.05) is 12.2 Å². The van der Waals surface area contributed by atoms with Gasteiger partial charge in [-0.25, -0.2) is 0 Å². The second-order valence-electron chi connectivity index (χ2n) is 5.07. The molecule has 2 N–H and O–H groups in total. The molecule has 0 unspecified atom stereocenters. The van der Waals surface area contributed by atoms with Gasteiger partial charge < -0.3 is 10.6 Å². The van der Waals surface area contributed by atoms with Gasteiger partial charge in [-0.3, -0.25) is 9.59 Å². The monoisotopic (exact) mass is 296 g/mol. The van der Waals surface area contributed by atoms with Crippen LogP contribution in [0.3, 0.4) is 0 Å². The van der Waals surface area contributed by atoms with Crippen molar-refractivity contribution in [3.8, 4) is 0 Å². The molecule has 0 atom stereocenters. The van der Waals surface area contributed by atoms with Crippen LogP contribution in [0.2, 0.25) is 0 Å². The van der Waals surface area contributed by atoms with Crippen LogP contribution in [-0.4, -0.2) is 11.8 Å². The molecule has 0 spiro atoms. The van der Waals surface area contributed by atoms with Crippen molar-refractivity contribution in [1.82, 2.24) is 5.32 Å². The molecule has 0 aliphatic rings. The number of benzene rings is 2. The van der Waals surface area contributed by atoms with Crippen LogP contribution in [0.5, 0.6) is 0 Å². The van der Waals surface area contributed by atoms with Crippen molar-refractivity contribution in [2.75, 3.05) is 5.32 Å². The van der Waals surface area contributed by atoms with E-state index in [1.54, 1.807) is 6.07 Å². The zero-order chi connectivity index (χ0) is 15.9. The topological polar surface area (TPSA) is 58.2 Å². The number of aryl methyl sites for hydroxylation is 2. The number of carbonyl (C=O) groups is 2. The Hall–Kier alpha value is -2.62. The Morgan fingerprint density at radius 1 is 0.909 bits per heavy atom. The van der Waals surface area contributed by atoms with Crippen molar-refractivity contribution in [2.45, 2.75) is 26.8 Å². The number of hydrogen-bond donors (Lipinski definition) is 2. The van der Waals surface area contributed by atoms with Crippen molar-refractivity contribution in [1.29, 1.82) is 0 Å². The third-order valence-electron chi connectivity index (χ3n) is 3.55. The Morgan fingerprint density at radius 2 is 1.55 bits per heavy atom. The minimum absolute atomic E-state index is 0.342. The molecule has 22 heavy (non-hydrogen) atoms. The van der Waals surface area contributed by atoms with Crippen LogP contribution in [-0.2, 0) is 22.6 Å². The number of amides is 2. The maximum absolute atomic E-state index is 12.0. The van der Waals surface area contributed by atoms with Gasteiger partial charge in [-0.2, -0.15) is 0 Å². The van der Waals surface area contributed by atoms with Crippen LogP contribution in [0.25, 0.3) is 0 Å². The van der Waals surface area contributed by atoms with E-state index >= 15 is 0 Å². The summed E-state index contributed by atoms with van der Waals surface area (Å²) in [7, 11) is 0. The summed E-state index contributed by atoms with van der Waals surface area (Å²) < 4.78 is 0. The van der Waals surface area contributed by atoms with Gasteiger partial charge in [0.25, 0.3) is 0 Å². The summed E-state index contributed by atoms with van der Waals surface area (Å²) in [6, 6.07) is 15.2. The molecule has 0 aliphatic heterocycles. The normalized spacial score (nSPS) is 10.1. The van der Waals surface area contributed by atoms with Crippen molar-refractivity contribution >= 4 is 17.5 Å². The molecule has 0 aromatic heterocycles. The van der Waals surface area contributed by atoms with Crippen LogP contribution < -0.4 is 10.6 Å². The molecule has 0 saturated heterocycles. The molecular weight excluding hydrogens is 276 g/mol. The maximum Gasteiger partial charge on any atom is 0.313 e. The average molecular weight is 296 g/mol. The van der Waals surface area contributed by atoms with Gasteiger partial charge in [-0.1, -0.05) is 49.4 Å². The van der Waals surface area contributed by atoms with Crippen LogP contribution in [0, 0.1) is 6.92 Å². The summed E-state index contributed by atoms with van der Waals surface area (Å²) in [5, 5.41) is 5.31. The number of carbonyl (C=O) groups excluding carboxylic acids is 2. The predicted octanol–water partition coefficient (Wildman–Crippen LogP) is 2.81. The fourth-order valence-corrected chi connectivity index (χ4v) is 2.19. The highest BCUT2D eigenvalue weighted by molar-refractivity contribution is 6.39. The van der Waals surface area contributed by atoms with E-state index in [4.69, 9.17) is 0 Å². The van der Waals surface area contributed by atoms with Crippen molar-refractivity contribution in [2.24, 2.45) is 0 Å². The smallest absolute Gasteiger partial charge is 0.313 e. The summed E-state index contributed by atoms with van der Waals surface area (Å²) in [4.78, 5) is 23.9. The van der Waals surface area contributed by atoms with Crippen LogP contribution >= 0.6 is 0 Å². The minimum Gasteiger partial charge on any atom is -0.344 e. The summed E-state index contributed by atoms with van der Waals surface area (Å²) in [6.07, 6.45) is 0.793. The number of hydrogen-bond acceptors (Lipinski definition) is 2. The lowest BCUT2D eigenvalue weighted by molar-refractivity contribution is -0.136. The van der Waals surface area contributed by atoms with E-state index in [-0.39, 0.29) is 0 Å². The quantitative estimate of drug-likeness (QED) is 0.852. The number of anilines is 1. The lowest BCUT2D eigenvalue weighted by Gasteiger charge is -2.10. The molecule has 0 aliphatic carbocycles. The van der Waals surface area contributed by atoms with Crippen LogP contribution in [0.1, 0.15) is 23.6 Å². The Bertz CT molecular complexity index is 680. The van der Waals surface area contributed by atoms with Gasteiger partial charge in [-0.15, -0.1) is 0 Å². The number of para-hydroxylation sites is 1. The molecule has 2 amide bonds. The Kier molecular flexibility index (Phi) is 5.31. The first-order valence-corrected chi connectivity index (χ1v) is 7.33. The van der Waals surface area contributed by atoms with Gasteiger partial charge in [0.2, 0.25) is 0 Å². The fourth-order valence-electron chi connectivity index (χ4n) is 2.19. The second kappa shape index (κ2) is 7.41. The fraction of sp³-hybridized carbons (Fsp3) is 0.222. The number of nitrogens with one attached hydrogen (secondary N) is 2. The highest BCUT2D eigenvalue weighted by Crippen LogP contribution is 2.15. The first-order valence-electron chi connectivity index (χ1n) is 7.33.